The molecule has 0 atom stereocenters. The smallest absolute Gasteiger partial charge is 0.157 e. The van der Waals surface area contributed by atoms with Crippen molar-refractivity contribution >= 4 is 5.78 Å². The van der Waals surface area contributed by atoms with Gasteiger partial charge in [-0.15, -0.1) is 0 Å². The fourth-order valence-corrected chi connectivity index (χ4v) is 2.74. The molecule has 2 nitrogen and oxygen atoms in total. The number of allylic oxidation sites excluding steroid dienone is 2. The van der Waals surface area contributed by atoms with Crippen molar-refractivity contribution in [3.8, 4) is 0 Å². The molecule has 0 radical (unpaired) electrons. The molecule has 0 aliphatic heterocycles. The third-order valence-corrected chi connectivity index (χ3v) is 3.78. The monoisotopic (exact) mass is 207 g/mol. The highest BCUT2D eigenvalue weighted by Gasteiger charge is 2.22. The Labute approximate surface area is 92.3 Å². The summed E-state index contributed by atoms with van der Waals surface area (Å²) in [4.78, 5) is 13.6. The van der Waals surface area contributed by atoms with Gasteiger partial charge in [-0.3, -0.25) is 4.79 Å². The summed E-state index contributed by atoms with van der Waals surface area (Å²) in [5.41, 5.74) is 1.27. The highest BCUT2D eigenvalue weighted by atomic mass is 16.1. The van der Waals surface area contributed by atoms with E-state index < -0.39 is 0 Å². The highest BCUT2D eigenvalue weighted by Crippen LogP contribution is 2.27. The topological polar surface area (TPSA) is 20.3 Å². The van der Waals surface area contributed by atoms with Gasteiger partial charge < -0.3 is 4.90 Å². The van der Waals surface area contributed by atoms with E-state index in [2.05, 4.69) is 11.9 Å². The van der Waals surface area contributed by atoms with Crippen molar-refractivity contribution in [2.75, 3.05) is 7.05 Å². The summed E-state index contributed by atoms with van der Waals surface area (Å²) >= 11 is 0. The molecule has 2 heteroatoms. The molecule has 0 amide bonds. The zero-order valence-electron chi connectivity index (χ0n) is 9.67. The van der Waals surface area contributed by atoms with Crippen LogP contribution >= 0.6 is 0 Å². The molecular weight excluding hydrogens is 186 g/mol. The summed E-state index contributed by atoms with van der Waals surface area (Å²) in [7, 11) is 2.17. The van der Waals surface area contributed by atoms with Gasteiger partial charge in [0, 0.05) is 31.3 Å². The first-order chi connectivity index (χ1) is 7.27. The number of hydrogen-bond donors (Lipinski definition) is 0. The second-order valence-electron chi connectivity index (χ2n) is 4.86. The van der Waals surface area contributed by atoms with Gasteiger partial charge in [-0.1, -0.05) is 25.7 Å². The lowest BCUT2D eigenvalue weighted by Crippen LogP contribution is -2.30. The van der Waals surface area contributed by atoms with E-state index in [1.165, 1.54) is 44.2 Å². The normalized spacial score (nSPS) is 23.8. The largest absolute Gasteiger partial charge is 0.375 e. The van der Waals surface area contributed by atoms with Crippen LogP contribution in [0, 0.1) is 0 Å². The van der Waals surface area contributed by atoms with Crippen LogP contribution in [0.15, 0.2) is 11.8 Å². The highest BCUT2D eigenvalue weighted by molar-refractivity contribution is 5.92. The molecule has 1 saturated carbocycles. The zero-order valence-corrected chi connectivity index (χ0v) is 9.67. The maximum Gasteiger partial charge on any atom is 0.157 e. The summed E-state index contributed by atoms with van der Waals surface area (Å²) < 4.78 is 0. The first-order valence-corrected chi connectivity index (χ1v) is 6.23. The Hall–Kier alpha value is -0.790. The molecule has 0 saturated heterocycles. The van der Waals surface area contributed by atoms with Crippen LogP contribution in [-0.2, 0) is 4.79 Å². The minimum absolute atomic E-state index is 0.311. The molecular formula is C13H21NO. The molecule has 1 fully saturated rings. The predicted octanol–water partition coefficient (Wildman–Crippen LogP) is 2.89. The van der Waals surface area contributed by atoms with Gasteiger partial charge >= 0.3 is 0 Å². The Morgan fingerprint density at radius 3 is 2.33 bits per heavy atom. The third kappa shape index (κ3) is 2.61. The number of hydrogen-bond acceptors (Lipinski definition) is 2. The van der Waals surface area contributed by atoms with Crippen molar-refractivity contribution in [2.45, 2.75) is 57.4 Å². The van der Waals surface area contributed by atoms with Crippen LogP contribution in [0.2, 0.25) is 0 Å². The number of rotatable bonds is 2. The second kappa shape index (κ2) is 4.82. The maximum absolute atomic E-state index is 11.2. The average molecular weight is 207 g/mol. The molecule has 84 valence electrons. The molecule has 0 spiro atoms. The number of nitrogens with zero attached hydrogens (tertiary/aromatic N) is 1. The van der Waals surface area contributed by atoms with Gasteiger partial charge in [0.1, 0.15) is 0 Å². The van der Waals surface area contributed by atoms with E-state index in [9.17, 15) is 4.79 Å². The molecule has 0 heterocycles. The molecule has 0 unspecified atom stereocenters. The Morgan fingerprint density at radius 2 is 1.80 bits per heavy atom. The van der Waals surface area contributed by atoms with Crippen LogP contribution < -0.4 is 0 Å². The van der Waals surface area contributed by atoms with Gasteiger partial charge in [-0.2, -0.15) is 0 Å². The van der Waals surface area contributed by atoms with Crippen molar-refractivity contribution in [2.24, 2.45) is 0 Å². The molecule has 15 heavy (non-hydrogen) atoms. The first kappa shape index (κ1) is 10.7. The van der Waals surface area contributed by atoms with Crippen LogP contribution in [-0.4, -0.2) is 23.8 Å². The Balaban J connectivity index is 1.96. The number of carbonyl (C=O) groups excluding carboxylic acids is 1. The summed E-state index contributed by atoms with van der Waals surface area (Å²) in [6, 6.07) is 0.685. The van der Waals surface area contributed by atoms with E-state index in [-0.39, 0.29) is 0 Å². The fraction of sp³-hybridized carbons (Fsp3) is 0.769. The minimum atomic E-state index is 0.311. The van der Waals surface area contributed by atoms with Crippen LogP contribution in [0.25, 0.3) is 0 Å². The van der Waals surface area contributed by atoms with Gasteiger partial charge in [0.25, 0.3) is 0 Å². The molecule has 2 aliphatic carbocycles. The van der Waals surface area contributed by atoms with E-state index in [0.717, 1.165) is 12.8 Å². The van der Waals surface area contributed by atoms with E-state index >= 15 is 0 Å². The second-order valence-corrected chi connectivity index (χ2v) is 4.86. The zero-order chi connectivity index (χ0) is 10.7. The Bertz CT molecular complexity index is 262. The molecule has 0 aromatic carbocycles. The predicted molar refractivity (Wildman–Crippen MR) is 61.6 cm³/mol. The van der Waals surface area contributed by atoms with E-state index in [1.54, 1.807) is 0 Å². The summed E-state index contributed by atoms with van der Waals surface area (Å²) in [6.45, 7) is 0. The third-order valence-electron chi connectivity index (χ3n) is 3.78. The van der Waals surface area contributed by atoms with Crippen molar-refractivity contribution in [3.63, 3.8) is 0 Å². The van der Waals surface area contributed by atoms with Crippen LogP contribution in [0.1, 0.15) is 51.4 Å². The molecule has 2 rings (SSSR count). The SMILES string of the molecule is CN(C1=CC(=O)CC1)C1CCCCCC1. The Kier molecular flexibility index (Phi) is 3.45. The fourth-order valence-electron chi connectivity index (χ4n) is 2.74. The van der Waals surface area contributed by atoms with Crippen molar-refractivity contribution < 1.29 is 4.79 Å². The Morgan fingerprint density at radius 1 is 1.13 bits per heavy atom. The summed E-state index contributed by atoms with van der Waals surface area (Å²) in [5.74, 6) is 0.311. The lowest BCUT2D eigenvalue weighted by molar-refractivity contribution is -0.114. The van der Waals surface area contributed by atoms with Gasteiger partial charge in [-0.05, 0) is 19.3 Å². The van der Waals surface area contributed by atoms with Crippen LogP contribution in [0.3, 0.4) is 0 Å². The van der Waals surface area contributed by atoms with E-state index in [0.29, 0.717) is 11.8 Å². The number of carbonyl (C=O) groups is 1. The molecule has 2 aliphatic rings. The lowest BCUT2D eigenvalue weighted by Gasteiger charge is -2.30. The molecule has 0 aromatic heterocycles. The average Bonchev–Trinajstić information content (AvgIpc) is 2.53. The minimum Gasteiger partial charge on any atom is -0.375 e. The van der Waals surface area contributed by atoms with Crippen LogP contribution in [0.5, 0.6) is 0 Å². The summed E-state index contributed by atoms with van der Waals surface area (Å²) in [5, 5.41) is 0. The molecule has 0 aromatic rings. The molecule has 0 bridgehead atoms. The van der Waals surface area contributed by atoms with E-state index in [1.807, 2.05) is 6.08 Å². The van der Waals surface area contributed by atoms with Gasteiger partial charge in [0.15, 0.2) is 5.78 Å². The lowest BCUT2D eigenvalue weighted by atomic mass is 10.1. The first-order valence-electron chi connectivity index (χ1n) is 6.23. The van der Waals surface area contributed by atoms with Gasteiger partial charge in [0.05, 0.1) is 0 Å². The van der Waals surface area contributed by atoms with Crippen molar-refractivity contribution in [1.82, 2.24) is 4.90 Å². The molecule has 0 N–H and O–H groups in total. The van der Waals surface area contributed by atoms with Crippen LogP contribution in [0.4, 0.5) is 0 Å². The van der Waals surface area contributed by atoms with Gasteiger partial charge in [-0.25, -0.2) is 0 Å². The quantitative estimate of drug-likeness (QED) is 0.649. The van der Waals surface area contributed by atoms with Crippen molar-refractivity contribution in [1.29, 1.82) is 0 Å². The van der Waals surface area contributed by atoms with Gasteiger partial charge in [0.2, 0.25) is 0 Å². The standard InChI is InChI=1S/C13H21NO/c1-14(12-8-9-13(15)10-12)11-6-4-2-3-5-7-11/h10-11H,2-9H2,1H3. The summed E-state index contributed by atoms with van der Waals surface area (Å²) in [6.07, 6.45) is 11.7. The van der Waals surface area contributed by atoms with E-state index in [4.69, 9.17) is 0 Å². The van der Waals surface area contributed by atoms with Crippen molar-refractivity contribution in [3.05, 3.63) is 11.8 Å². The maximum atomic E-state index is 11.2. The number of ketones is 1.